The summed E-state index contributed by atoms with van der Waals surface area (Å²) in [7, 11) is 0. The lowest BCUT2D eigenvalue weighted by atomic mass is 10.1. The van der Waals surface area contributed by atoms with Gasteiger partial charge in [0.05, 0.1) is 22.1 Å². The summed E-state index contributed by atoms with van der Waals surface area (Å²) >= 11 is 0. The standard InChI is InChI=1S/C32H20N4/c1-2-11-23(12-3-1)35-29-20-22-10-5-4-9-21(22)19-27(29)26-16-15-25-24-13-6-7-14-28(24)36(31(25)30(26)35)32-33-17-8-18-34-32/h1-20H. The fourth-order valence-electron chi connectivity index (χ4n) is 5.69. The first kappa shape index (κ1) is 19.4. The van der Waals surface area contributed by atoms with Crippen LogP contribution in [0.4, 0.5) is 0 Å². The molecule has 5 aromatic carbocycles. The number of nitrogens with zero attached hydrogens (tertiary/aromatic N) is 4. The quantitative estimate of drug-likeness (QED) is 0.264. The summed E-state index contributed by atoms with van der Waals surface area (Å²) in [6.45, 7) is 0. The average Bonchev–Trinajstić information content (AvgIpc) is 3.45. The molecule has 8 aromatic rings. The molecule has 3 aromatic heterocycles. The van der Waals surface area contributed by atoms with Crippen LogP contribution in [-0.4, -0.2) is 19.1 Å². The van der Waals surface area contributed by atoms with E-state index in [4.69, 9.17) is 0 Å². The first-order valence-electron chi connectivity index (χ1n) is 12.1. The lowest BCUT2D eigenvalue weighted by molar-refractivity contribution is 0.988. The number of hydrogen-bond acceptors (Lipinski definition) is 2. The Hall–Kier alpha value is -4.96. The van der Waals surface area contributed by atoms with E-state index < -0.39 is 0 Å². The van der Waals surface area contributed by atoms with Gasteiger partial charge in [-0.15, -0.1) is 0 Å². The van der Waals surface area contributed by atoms with E-state index in [0.717, 1.165) is 22.2 Å². The number of fused-ring (bicyclic) bond motifs is 8. The highest BCUT2D eigenvalue weighted by molar-refractivity contribution is 6.24. The molecule has 0 bridgehead atoms. The fourth-order valence-corrected chi connectivity index (χ4v) is 5.69. The third-order valence-corrected chi connectivity index (χ3v) is 7.20. The van der Waals surface area contributed by atoms with Crippen LogP contribution in [0.15, 0.2) is 122 Å². The van der Waals surface area contributed by atoms with Crippen molar-refractivity contribution < 1.29 is 0 Å². The number of benzene rings is 5. The fraction of sp³-hybridized carbons (Fsp3) is 0. The summed E-state index contributed by atoms with van der Waals surface area (Å²) in [5.74, 6) is 0.672. The van der Waals surface area contributed by atoms with Crippen molar-refractivity contribution in [2.45, 2.75) is 0 Å². The number of para-hydroxylation sites is 2. The van der Waals surface area contributed by atoms with Crippen LogP contribution in [0, 0.1) is 0 Å². The van der Waals surface area contributed by atoms with Crippen LogP contribution in [-0.2, 0) is 0 Å². The van der Waals surface area contributed by atoms with Crippen LogP contribution >= 0.6 is 0 Å². The van der Waals surface area contributed by atoms with Gasteiger partial charge in [0, 0.05) is 39.6 Å². The molecule has 0 aliphatic carbocycles. The Balaban J connectivity index is 1.69. The highest BCUT2D eigenvalue weighted by atomic mass is 15.2. The second kappa shape index (κ2) is 7.27. The molecule has 168 valence electrons. The SMILES string of the molecule is c1ccc(-n2c3cc4ccccc4cc3c3ccc4c5ccccc5n(-c5ncccn5)c4c32)cc1. The molecule has 0 saturated heterocycles. The summed E-state index contributed by atoms with van der Waals surface area (Å²) in [5.41, 5.74) is 5.69. The van der Waals surface area contributed by atoms with E-state index in [1.807, 2.05) is 18.5 Å². The number of rotatable bonds is 2. The minimum atomic E-state index is 0.672. The van der Waals surface area contributed by atoms with E-state index in [-0.39, 0.29) is 0 Å². The van der Waals surface area contributed by atoms with E-state index in [9.17, 15) is 0 Å². The maximum absolute atomic E-state index is 4.67. The minimum Gasteiger partial charge on any atom is -0.307 e. The van der Waals surface area contributed by atoms with E-state index in [2.05, 4.69) is 122 Å². The number of hydrogen-bond donors (Lipinski definition) is 0. The molecule has 0 fully saturated rings. The monoisotopic (exact) mass is 460 g/mol. The van der Waals surface area contributed by atoms with Crippen LogP contribution in [0.25, 0.3) is 66.0 Å². The van der Waals surface area contributed by atoms with Gasteiger partial charge in [0.15, 0.2) is 0 Å². The molecule has 4 heteroatoms. The van der Waals surface area contributed by atoms with Crippen LogP contribution in [0.3, 0.4) is 0 Å². The maximum Gasteiger partial charge on any atom is 0.234 e. The first-order valence-corrected chi connectivity index (χ1v) is 12.1. The van der Waals surface area contributed by atoms with Crippen molar-refractivity contribution in [3.63, 3.8) is 0 Å². The van der Waals surface area contributed by atoms with Crippen molar-refractivity contribution in [3.05, 3.63) is 122 Å². The van der Waals surface area contributed by atoms with Crippen LogP contribution in [0.1, 0.15) is 0 Å². The lowest BCUT2D eigenvalue weighted by Crippen LogP contribution is -2.02. The van der Waals surface area contributed by atoms with Crippen LogP contribution in [0.2, 0.25) is 0 Å². The zero-order valence-electron chi connectivity index (χ0n) is 19.3. The van der Waals surface area contributed by atoms with E-state index in [1.165, 1.54) is 37.8 Å². The maximum atomic E-state index is 4.67. The minimum absolute atomic E-state index is 0.672. The van der Waals surface area contributed by atoms with Gasteiger partial charge in [0.1, 0.15) is 0 Å². The van der Waals surface area contributed by atoms with Gasteiger partial charge in [-0.1, -0.05) is 72.8 Å². The molecule has 8 rings (SSSR count). The highest BCUT2D eigenvalue weighted by Gasteiger charge is 2.22. The second-order valence-corrected chi connectivity index (χ2v) is 9.15. The Bertz CT molecular complexity index is 2080. The predicted molar refractivity (Wildman–Crippen MR) is 148 cm³/mol. The lowest BCUT2D eigenvalue weighted by Gasteiger charge is -2.11. The molecule has 36 heavy (non-hydrogen) atoms. The summed E-state index contributed by atoms with van der Waals surface area (Å²) < 4.78 is 4.61. The topological polar surface area (TPSA) is 35.6 Å². The van der Waals surface area contributed by atoms with Crippen molar-refractivity contribution in [1.29, 1.82) is 0 Å². The highest BCUT2D eigenvalue weighted by Crippen LogP contribution is 2.42. The zero-order chi connectivity index (χ0) is 23.6. The van der Waals surface area contributed by atoms with Gasteiger partial charge < -0.3 is 4.57 Å². The Kier molecular flexibility index (Phi) is 3.91. The summed E-state index contributed by atoms with van der Waals surface area (Å²) in [6.07, 6.45) is 3.62. The Labute approximate surface area is 206 Å². The molecule has 0 unspecified atom stereocenters. The number of aromatic nitrogens is 4. The van der Waals surface area contributed by atoms with E-state index in [0.29, 0.717) is 5.95 Å². The van der Waals surface area contributed by atoms with Crippen LogP contribution in [0.5, 0.6) is 0 Å². The smallest absolute Gasteiger partial charge is 0.234 e. The van der Waals surface area contributed by atoms with Crippen molar-refractivity contribution >= 4 is 54.4 Å². The summed E-state index contributed by atoms with van der Waals surface area (Å²) in [4.78, 5) is 9.34. The Morgan fingerprint density at radius 3 is 1.89 bits per heavy atom. The van der Waals surface area contributed by atoms with Gasteiger partial charge in [-0.2, -0.15) is 0 Å². The molecule has 0 aliphatic heterocycles. The summed E-state index contributed by atoms with van der Waals surface area (Å²) in [5, 5.41) is 7.30. The molecule has 0 spiro atoms. The van der Waals surface area contributed by atoms with Gasteiger partial charge >= 0.3 is 0 Å². The molecular formula is C32H20N4. The summed E-state index contributed by atoms with van der Waals surface area (Å²) in [6, 6.07) is 38.8. The molecule has 0 radical (unpaired) electrons. The van der Waals surface area contributed by atoms with Gasteiger partial charge in [-0.05, 0) is 47.2 Å². The van der Waals surface area contributed by atoms with Gasteiger partial charge in [0.2, 0.25) is 5.95 Å². The Morgan fingerprint density at radius 1 is 0.444 bits per heavy atom. The molecule has 0 aliphatic rings. The van der Waals surface area contributed by atoms with Crippen molar-refractivity contribution in [2.75, 3.05) is 0 Å². The van der Waals surface area contributed by atoms with Crippen molar-refractivity contribution in [1.82, 2.24) is 19.1 Å². The van der Waals surface area contributed by atoms with Crippen molar-refractivity contribution in [2.24, 2.45) is 0 Å². The van der Waals surface area contributed by atoms with E-state index in [1.54, 1.807) is 0 Å². The molecule has 0 atom stereocenters. The largest absolute Gasteiger partial charge is 0.307 e. The van der Waals surface area contributed by atoms with Gasteiger partial charge in [0.25, 0.3) is 0 Å². The third kappa shape index (κ3) is 2.58. The predicted octanol–water partition coefficient (Wildman–Crippen LogP) is 7.82. The molecular weight excluding hydrogens is 440 g/mol. The molecule has 0 amide bonds. The average molecular weight is 461 g/mol. The first-order chi connectivity index (χ1) is 17.9. The zero-order valence-corrected chi connectivity index (χ0v) is 19.3. The Morgan fingerprint density at radius 2 is 1.08 bits per heavy atom. The molecule has 0 N–H and O–H groups in total. The normalized spacial score (nSPS) is 11.9. The van der Waals surface area contributed by atoms with E-state index >= 15 is 0 Å². The molecule has 4 nitrogen and oxygen atoms in total. The molecule has 3 heterocycles. The van der Waals surface area contributed by atoms with Gasteiger partial charge in [-0.3, -0.25) is 4.57 Å². The molecule has 0 saturated carbocycles. The van der Waals surface area contributed by atoms with Crippen molar-refractivity contribution in [3.8, 4) is 11.6 Å². The van der Waals surface area contributed by atoms with Gasteiger partial charge in [-0.25, -0.2) is 9.97 Å². The third-order valence-electron chi connectivity index (χ3n) is 7.20. The van der Waals surface area contributed by atoms with Crippen LogP contribution < -0.4 is 0 Å². The second-order valence-electron chi connectivity index (χ2n) is 9.15.